The third-order valence-electron chi connectivity index (χ3n) is 4.58. The number of hydrogen-bond donors (Lipinski definition) is 3. The van der Waals surface area contributed by atoms with Crippen LogP contribution >= 0.6 is 24.0 Å². The molecule has 0 bridgehead atoms. The van der Waals surface area contributed by atoms with Crippen molar-refractivity contribution in [3.05, 3.63) is 35.9 Å². The topological polar surface area (TPSA) is 57.7 Å². The number of halogens is 1. The summed E-state index contributed by atoms with van der Waals surface area (Å²) >= 11 is 0. The van der Waals surface area contributed by atoms with Gasteiger partial charge in [-0.05, 0) is 46.1 Å². The van der Waals surface area contributed by atoms with E-state index in [1.54, 1.807) is 0 Å². The van der Waals surface area contributed by atoms with E-state index >= 15 is 0 Å². The number of guanidine groups is 1. The Labute approximate surface area is 175 Å². The van der Waals surface area contributed by atoms with E-state index < -0.39 is 0 Å². The average molecular weight is 474 g/mol. The first-order valence-electron chi connectivity index (χ1n) is 9.50. The zero-order valence-electron chi connectivity index (χ0n) is 16.5. The molecule has 1 aromatic carbocycles. The Balaban J connectivity index is 0.00000338. The highest BCUT2D eigenvalue weighted by Crippen LogP contribution is 2.26. The van der Waals surface area contributed by atoms with Gasteiger partial charge in [-0.2, -0.15) is 0 Å². The van der Waals surface area contributed by atoms with E-state index in [4.69, 9.17) is 9.73 Å². The largest absolute Gasteiger partial charge is 0.381 e. The van der Waals surface area contributed by atoms with E-state index in [0.717, 1.165) is 45.1 Å². The Kier molecular flexibility index (Phi) is 10.5. The van der Waals surface area contributed by atoms with Gasteiger partial charge in [-0.15, -0.1) is 24.0 Å². The van der Waals surface area contributed by atoms with Gasteiger partial charge < -0.3 is 20.7 Å². The average Bonchev–Trinajstić information content (AvgIpc) is 2.61. The molecule has 1 aliphatic rings. The summed E-state index contributed by atoms with van der Waals surface area (Å²) in [5, 5.41) is 10.6. The van der Waals surface area contributed by atoms with Gasteiger partial charge in [-0.1, -0.05) is 30.3 Å². The lowest BCUT2D eigenvalue weighted by Crippen LogP contribution is -2.53. The molecule has 1 heterocycles. The SMILES string of the molecule is CCNC(=NCC1(NC(C)c2ccccc2)CCOCC1)NC(C)C.I. The molecule has 0 radical (unpaired) electrons. The monoisotopic (exact) mass is 474 g/mol. The number of ether oxygens (including phenoxy) is 1. The van der Waals surface area contributed by atoms with Crippen LogP contribution in [-0.2, 0) is 4.74 Å². The van der Waals surface area contributed by atoms with Crippen LogP contribution in [0.2, 0.25) is 0 Å². The van der Waals surface area contributed by atoms with Gasteiger partial charge in [-0.3, -0.25) is 4.99 Å². The first kappa shape index (κ1) is 23.2. The highest BCUT2D eigenvalue weighted by atomic mass is 127. The fourth-order valence-electron chi connectivity index (χ4n) is 3.22. The van der Waals surface area contributed by atoms with Crippen molar-refractivity contribution in [3.63, 3.8) is 0 Å². The van der Waals surface area contributed by atoms with E-state index in [9.17, 15) is 0 Å². The van der Waals surface area contributed by atoms with Gasteiger partial charge in [0.1, 0.15) is 0 Å². The maximum absolute atomic E-state index is 5.61. The van der Waals surface area contributed by atoms with Crippen LogP contribution in [0.3, 0.4) is 0 Å². The Morgan fingerprint density at radius 2 is 1.81 bits per heavy atom. The number of benzene rings is 1. The molecule has 3 N–H and O–H groups in total. The summed E-state index contributed by atoms with van der Waals surface area (Å²) in [6, 6.07) is 11.3. The molecule has 5 nitrogen and oxygen atoms in total. The summed E-state index contributed by atoms with van der Waals surface area (Å²) < 4.78 is 5.61. The van der Waals surface area contributed by atoms with Crippen molar-refractivity contribution in [1.82, 2.24) is 16.0 Å². The van der Waals surface area contributed by atoms with E-state index in [1.807, 2.05) is 0 Å². The molecular formula is C20H35IN4O. The normalized spacial score (nSPS) is 18.1. The summed E-state index contributed by atoms with van der Waals surface area (Å²) in [4.78, 5) is 4.87. The van der Waals surface area contributed by atoms with Crippen molar-refractivity contribution in [1.29, 1.82) is 0 Å². The second kappa shape index (κ2) is 11.8. The van der Waals surface area contributed by atoms with Crippen molar-refractivity contribution < 1.29 is 4.74 Å². The van der Waals surface area contributed by atoms with Gasteiger partial charge in [0.15, 0.2) is 5.96 Å². The zero-order chi connectivity index (χ0) is 18.1. The van der Waals surface area contributed by atoms with Crippen LogP contribution in [-0.4, -0.2) is 43.8 Å². The second-order valence-corrected chi connectivity index (χ2v) is 7.16. The number of aliphatic imine (C=N–C) groups is 1. The molecule has 1 atom stereocenters. The van der Waals surface area contributed by atoms with Crippen LogP contribution in [0.5, 0.6) is 0 Å². The number of hydrogen-bond acceptors (Lipinski definition) is 3. The molecule has 1 saturated heterocycles. The summed E-state index contributed by atoms with van der Waals surface area (Å²) in [5.41, 5.74) is 1.29. The number of nitrogens with zero attached hydrogens (tertiary/aromatic N) is 1. The molecule has 26 heavy (non-hydrogen) atoms. The van der Waals surface area contributed by atoms with E-state index in [1.165, 1.54) is 5.56 Å². The smallest absolute Gasteiger partial charge is 0.191 e. The lowest BCUT2D eigenvalue weighted by molar-refractivity contribution is 0.0374. The molecule has 0 aromatic heterocycles. The lowest BCUT2D eigenvalue weighted by atomic mass is 9.88. The second-order valence-electron chi connectivity index (χ2n) is 7.16. The zero-order valence-corrected chi connectivity index (χ0v) is 18.9. The van der Waals surface area contributed by atoms with Gasteiger partial charge in [0.2, 0.25) is 0 Å². The maximum atomic E-state index is 5.61. The molecule has 0 spiro atoms. The molecule has 6 heteroatoms. The minimum absolute atomic E-state index is 0. The van der Waals surface area contributed by atoms with Crippen LogP contribution < -0.4 is 16.0 Å². The molecule has 148 valence electrons. The van der Waals surface area contributed by atoms with Gasteiger partial charge in [0.25, 0.3) is 0 Å². The molecular weight excluding hydrogens is 439 g/mol. The van der Waals surface area contributed by atoms with Crippen molar-refractivity contribution in [2.45, 2.75) is 58.2 Å². The van der Waals surface area contributed by atoms with E-state index in [-0.39, 0.29) is 35.6 Å². The highest BCUT2D eigenvalue weighted by molar-refractivity contribution is 14.0. The van der Waals surface area contributed by atoms with Gasteiger partial charge in [0.05, 0.1) is 6.54 Å². The van der Waals surface area contributed by atoms with Crippen molar-refractivity contribution in [2.24, 2.45) is 4.99 Å². The third kappa shape index (κ3) is 7.40. The van der Waals surface area contributed by atoms with Crippen molar-refractivity contribution in [2.75, 3.05) is 26.3 Å². The van der Waals surface area contributed by atoms with Gasteiger partial charge in [-0.25, -0.2) is 0 Å². The predicted molar refractivity (Wildman–Crippen MR) is 120 cm³/mol. The summed E-state index contributed by atoms with van der Waals surface area (Å²) in [6.07, 6.45) is 1.96. The summed E-state index contributed by atoms with van der Waals surface area (Å²) in [5.74, 6) is 0.887. The van der Waals surface area contributed by atoms with Crippen molar-refractivity contribution >= 4 is 29.9 Å². The standard InChI is InChI=1S/C20H34N4O.HI/c1-5-21-19(23-16(2)3)22-15-20(11-13-25-14-12-20)24-17(4)18-9-7-6-8-10-18;/h6-10,16-17,24H,5,11-15H2,1-4H3,(H2,21,22,23);1H. The summed E-state index contributed by atoms with van der Waals surface area (Å²) in [7, 11) is 0. The highest BCUT2D eigenvalue weighted by Gasteiger charge is 2.34. The first-order valence-corrected chi connectivity index (χ1v) is 9.50. The molecule has 1 aromatic rings. The van der Waals surface area contributed by atoms with Crippen LogP contribution in [0.1, 0.15) is 52.1 Å². The Hall–Kier alpha value is -0.860. The predicted octanol–water partition coefficient (Wildman–Crippen LogP) is 3.47. The molecule has 0 aliphatic carbocycles. The minimum Gasteiger partial charge on any atom is -0.381 e. The van der Waals surface area contributed by atoms with Crippen LogP contribution in [0, 0.1) is 0 Å². The van der Waals surface area contributed by atoms with Crippen molar-refractivity contribution in [3.8, 4) is 0 Å². The van der Waals surface area contributed by atoms with Crippen LogP contribution in [0.25, 0.3) is 0 Å². The Morgan fingerprint density at radius 1 is 1.15 bits per heavy atom. The molecule has 1 aliphatic heterocycles. The first-order chi connectivity index (χ1) is 12.0. The maximum Gasteiger partial charge on any atom is 0.191 e. The fraction of sp³-hybridized carbons (Fsp3) is 0.650. The van der Waals surface area contributed by atoms with Crippen LogP contribution in [0.4, 0.5) is 0 Å². The molecule has 1 fully saturated rings. The van der Waals surface area contributed by atoms with Gasteiger partial charge >= 0.3 is 0 Å². The quantitative estimate of drug-likeness (QED) is 0.322. The Morgan fingerprint density at radius 3 is 2.38 bits per heavy atom. The van der Waals surface area contributed by atoms with E-state index in [2.05, 4.69) is 74.0 Å². The molecule has 0 saturated carbocycles. The number of nitrogens with one attached hydrogen (secondary N) is 3. The minimum atomic E-state index is -0.0210. The lowest BCUT2D eigenvalue weighted by Gasteiger charge is -2.39. The molecule has 0 amide bonds. The summed E-state index contributed by atoms with van der Waals surface area (Å²) in [6.45, 7) is 11.8. The van der Waals surface area contributed by atoms with E-state index in [0.29, 0.717) is 6.04 Å². The van der Waals surface area contributed by atoms with Gasteiger partial charge in [0, 0.05) is 37.4 Å². The Bertz CT molecular complexity index is 530. The molecule has 2 rings (SSSR count). The number of rotatable bonds is 7. The van der Waals surface area contributed by atoms with Crippen LogP contribution in [0.15, 0.2) is 35.3 Å². The fourth-order valence-corrected chi connectivity index (χ4v) is 3.22. The third-order valence-corrected chi connectivity index (χ3v) is 4.58. The molecule has 1 unspecified atom stereocenters.